The molecule has 0 aliphatic rings. The topological polar surface area (TPSA) is 55.6 Å². The van der Waals surface area contributed by atoms with Crippen LogP contribution in [0.15, 0.2) is 0 Å². The van der Waals surface area contributed by atoms with Gasteiger partial charge in [0.2, 0.25) is 5.91 Å². The summed E-state index contributed by atoms with van der Waals surface area (Å²) in [6, 6.07) is -0.359. The first-order valence-electron chi connectivity index (χ1n) is 4.02. The maximum atomic E-state index is 11.4. The Bertz CT molecular complexity index is 148. The summed E-state index contributed by atoms with van der Waals surface area (Å²) >= 11 is 0. The highest BCUT2D eigenvalue weighted by molar-refractivity contribution is 5.81. The molecule has 1 atom stereocenters. The van der Waals surface area contributed by atoms with E-state index in [-0.39, 0.29) is 18.6 Å². The molecule has 1 unspecified atom stereocenters. The zero-order valence-corrected chi connectivity index (χ0v) is 8.20. The van der Waals surface area contributed by atoms with Crippen molar-refractivity contribution in [3.05, 3.63) is 0 Å². The second-order valence-electron chi connectivity index (χ2n) is 3.10. The standard InChI is InChI=1S/C8H18N2O2/c1-6(2)10(3)8(11)7(9)5-12-4/h6-7H,5,9H2,1-4H3. The number of carbonyl (C=O) groups is 1. The van der Waals surface area contributed by atoms with Crippen molar-refractivity contribution in [2.75, 3.05) is 20.8 Å². The molecule has 0 fully saturated rings. The number of methoxy groups -OCH3 is 1. The lowest BCUT2D eigenvalue weighted by Crippen LogP contribution is -2.46. The lowest BCUT2D eigenvalue weighted by Gasteiger charge is -2.24. The number of nitrogens with two attached hydrogens (primary N) is 1. The molecule has 0 aromatic heterocycles. The summed E-state index contributed by atoms with van der Waals surface area (Å²) in [6.45, 7) is 4.16. The van der Waals surface area contributed by atoms with Gasteiger partial charge in [0, 0.05) is 20.2 Å². The van der Waals surface area contributed by atoms with Crippen LogP contribution >= 0.6 is 0 Å². The number of likely N-dealkylation sites (N-methyl/N-ethyl adjacent to an activating group) is 1. The van der Waals surface area contributed by atoms with Gasteiger partial charge in [-0.05, 0) is 13.8 Å². The number of amides is 1. The smallest absolute Gasteiger partial charge is 0.241 e. The molecule has 2 N–H and O–H groups in total. The van der Waals surface area contributed by atoms with E-state index in [4.69, 9.17) is 10.5 Å². The average Bonchev–Trinajstić information content (AvgIpc) is 2.02. The molecule has 0 bridgehead atoms. The Kier molecular flexibility index (Phi) is 4.85. The Morgan fingerprint density at radius 1 is 1.58 bits per heavy atom. The lowest BCUT2D eigenvalue weighted by atomic mass is 10.2. The van der Waals surface area contributed by atoms with Crippen LogP contribution in [0.3, 0.4) is 0 Å². The van der Waals surface area contributed by atoms with Crippen LogP contribution in [0, 0.1) is 0 Å². The van der Waals surface area contributed by atoms with Crippen LogP contribution in [0.1, 0.15) is 13.8 Å². The summed E-state index contributed by atoms with van der Waals surface area (Å²) in [5.41, 5.74) is 5.55. The minimum atomic E-state index is -0.539. The maximum absolute atomic E-state index is 11.4. The molecule has 12 heavy (non-hydrogen) atoms. The van der Waals surface area contributed by atoms with Gasteiger partial charge in [0.25, 0.3) is 0 Å². The first-order valence-corrected chi connectivity index (χ1v) is 4.02. The summed E-state index contributed by atoms with van der Waals surface area (Å²) in [4.78, 5) is 13.0. The molecule has 0 rings (SSSR count). The quantitative estimate of drug-likeness (QED) is 0.643. The van der Waals surface area contributed by atoms with Crippen LogP contribution in [0.5, 0.6) is 0 Å². The molecule has 0 spiro atoms. The summed E-state index contributed by atoms with van der Waals surface area (Å²) in [6.07, 6.45) is 0. The number of nitrogens with zero attached hydrogens (tertiary/aromatic N) is 1. The van der Waals surface area contributed by atoms with Crippen LogP contribution < -0.4 is 5.73 Å². The van der Waals surface area contributed by atoms with Crippen molar-refractivity contribution >= 4 is 5.91 Å². The fourth-order valence-electron chi connectivity index (χ4n) is 0.767. The molecule has 0 aliphatic carbocycles. The van der Waals surface area contributed by atoms with Gasteiger partial charge in [-0.25, -0.2) is 0 Å². The van der Waals surface area contributed by atoms with Crippen LogP contribution in [-0.2, 0) is 9.53 Å². The molecule has 1 amide bonds. The SMILES string of the molecule is COCC(N)C(=O)N(C)C(C)C. The van der Waals surface area contributed by atoms with Crippen molar-refractivity contribution in [1.82, 2.24) is 4.90 Å². The third-order valence-corrected chi connectivity index (χ3v) is 1.79. The Hall–Kier alpha value is -0.610. The summed E-state index contributed by atoms with van der Waals surface area (Å²) < 4.78 is 4.78. The van der Waals surface area contributed by atoms with Gasteiger partial charge >= 0.3 is 0 Å². The Morgan fingerprint density at radius 3 is 2.42 bits per heavy atom. The predicted molar refractivity (Wildman–Crippen MR) is 47.8 cm³/mol. The first kappa shape index (κ1) is 11.4. The predicted octanol–water partition coefficient (Wildman–Crippen LogP) is -0.173. The van der Waals surface area contributed by atoms with E-state index in [1.807, 2.05) is 13.8 Å². The van der Waals surface area contributed by atoms with E-state index in [1.54, 1.807) is 11.9 Å². The third kappa shape index (κ3) is 3.19. The number of rotatable bonds is 4. The highest BCUT2D eigenvalue weighted by Crippen LogP contribution is 1.96. The molecule has 0 aromatic carbocycles. The van der Waals surface area contributed by atoms with Gasteiger partial charge in [0.15, 0.2) is 0 Å². The highest BCUT2D eigenvalue weighted by atomic mass is 16.5. The van der Waals surface area contributed by atoms with E-state index in [0.29, 0.717) is 0 Å². The van der Waals surface area contributed by atoms with Gasteiger partial charge in [-0.3, -0.25) is 4.79 Å². The van der Waals surface area contributed by atoms with Gasteiger partial charge in [0.05, 0.1) is 6.61 Å². The van der Waals surface area contributed by atoms with E-state index in [2.05, 4.69) is 0 Å². The van der Waals surface area contributed by atoms with Crippen molar-refractivity contribution in [1.29, 1.82) is 0 Å². The molecule has 4 heteroatoms. The summed E-state index contributed by atoms with van der Waals surface area (Å²) in [5.74, 6) is -0.0770. The summed E-state index contributed by atoms with van der Waals surface area (Å²) in [5, 5.41) is 0. The largest absolute Gasteiger partial charge is 0.383 e. The molecule has 0 radical (unpaired) electrons. The number of hydrogen-bond donors (Lipinski definition) is 1. The van der Waals surface area contributed by atoms with Gasteiger partial charge in [-0.2, -0.15) is 0 Å². The number of carbonyl (C=O) groups excluding carboxylic acids is 1. The minimum Gasteiger partial charge on any atom is -0.383 e. The second kappa shape index (κ2) is 5.11. The molecule has 0 saturated heterocycles. The van der Waals surface area contributed by atoms with Gasteiger partial charge in [-0.1, -0.05) is 0 Å². The van der Waals surface area contributed by atoms with E-state index in [9.17, 15) is 4.79 Å². The fraction of sp³-hybridized carbons (Fsp3) is 0.875. The van der Waals surface area contributed by atoms with Gasteiger partial charge in [0.1, 0.15) is 6.04 Å². The molecular weight excluding hydrogens is 156 g/mol. The van der Waals surface area contributed by atoms with Crippen molar-refractivity contribution < 1.29 is 9.53 Å². The fourth-order valence-corrected chi connectivity index (χ4v) is 0.767. The highest BCUT2D eigenvalue weighted by Gasteiger charge is 2.19. The van der Waals surface area contributed by atoms with Crippen molar-refractivity contribution in [2.24, 2.45) is 5.73 Å². The Labute approximate surface area is 73.7 Å². The number of ether oxygens (including phenoxy) is 1. The maximum Gasteiger partial charge on any atom is 0.241 e. The van der Waals surface area contributed by atoms with Crippen LogP contribution in [0.2, 0.25) is 0 Å². The van der Waals surface area contributed by atoms with Crippen molar-refractivity contribution in [2.45, 2.75) is 25.9 Å². The zero-order valence-electron chi connectivity index (χ0n) is 8.20. The van der Waals surface area contributed by atoms with E-state index in [0.717, 1.165) is 0 Å². The zero-order chi connectivity index (χ0) is 9.72. The van der Waals surface area contributed by atoms with E-state index in [1.165, 1.54) is 7.11 Å². The van der Waals surface area contributed by atoms with E-state index < -0.39 is 6.04 Å². The molecule has 0 heterocycles. The Balaban J connectivity index is 4.00. The molecule has 0 aromatic rings. The van der Waals surface area contributed by atoms with Crippen LogP contribution in [0.25, 0.3) is 0 Å². The molecular formula is C8H18N2O2. The molecule has 0 aliphatic heterocycles. The lowest BCUT2D eigenvalue weighted by molar-refractivity contribution is -0.133. The van der Waals surface area contributed by atoms with Gasteiger partial charge < -0.3 is 15.4 Å². The Morgan fingerprint density at radius 2 is 2.08 bits per heavy atom. The van der Waals surface area contributed by atoms with Crippen molar-refractivity contribution in [3.8, 4) is 0 Å². The van der Waals surface area contributed by atoms with Crippen molar-refractivity contribution in [3.63, 3.8) is 0 Å². The van der Waals surface area contributed by atoms with Gasteiger partial charge in [-0.15, -0.1) is 0 Å². The third-order valence-electron chi connectivity index (χ3n) is 1.79. The number of hydrogen-bond acceptors (Lipinski definition) is 3. The first-order chi connectivity index (χ1) is 5.50. The minimum absolute atomic E-state index is 0.0770. The molecule has 72 valence electrons. The molecule has 4 nitrogen and oxygen atoms in total. The molecule has 0 saturated carbocycles. The van der Waals surface area contributed by atoms with Crippen LogP contribution in [0.4, 0.5) is 0 Å². The summed E-state index contributed by atoms with van der Waals surface area (Å²) in [7, 11) is 3.27. The monoisotopic (exact) mass is 174 g/mol. The normalized spacial score (nSPS) is 13.2. The second-order valence-corrected chi connectivity index (χ2v) is 3.10. The van der Waals surface area contributed by atoms with E-state index >= 15 is 0 Å². The average molecular weight is 174 g/mol. The van der Waals surface area contributed by atoms with Crippen LogP contribution in [-0.4, -0.2) is 43.7 Å².